The topological polar surface area (TPSA) is 44.9 Å². The van der Waals surface area contributed by atoms with Crippen LogP contribution in [-0.4, -0.2) is 33.3 Å². The summed E-state index contributed by atoms with van der Waals surface area (Å²) in [6.07, 6.45) is 1.69. The third-order valence-electron chi connectivity index (χ3n) is 2.94. The molecule has 0 aliphatic carbocycles. The van der Waals surface area contributed by atoms with Gasteiger partial charge in [-0.2, -0.15) is 10.4 Å². The van der Waals surface area contributed by atoms with Crippen LogP contribution in [0, 0.1) is 11.3 Å². The Balaban J connectivity index is 2.04. The molecule has 0 atom stereocenters. The summed E-state index contributed by atoms with van der Waals surface area (Å²) < 4.78 is 1.84. The smallest absolute Gasteiger partial charge is 0.138 e. The molecule has 1 fully saturated rings. The van der Waals surface area contributed by atoms with E-state index in [0.29, 0.717) is 11.7 Å². The normalized spacial score (nSPS) is 18.5. The fourth-order valence-corrected chi connectivity index (χ4v) is 1.85. The largest absolute Gasteiger partial charge is 0.294 e. The molecule has 2 rings (SSSR count). The SMILES string of the molecule is CC(C)(C)N1CC(n2nccc2C#N)C1. The highest BCUT2D eigenvalue weighted by molar-refractivity contribution is 5.20. The summed E-state index contributed by atoms with van der Waals surface area (Å²) in [6.45, 7) is 8.59. The number of rotatable bonds is 1. The molecule has 0 saturated carbocycles. The molecule has 0 unspecified atom stereocenters. The van der Waals surface area contributed by atoms with Gasteiger partial charge >= 0.3 is 0 Å². The summed E-state index contributed by atoms with van der Waals surface area (Å²) in [4.78, 5) is 2.39. The highest BCUT2D eigenvalue weighted by Crippen LogP contribution is 2.28. The summed E-state index contributed by atoms with van der Waals surface area (Å²) in [5, 5.41) is 13.1. The van der Waals surface area contributed by atoms with Crippen molar-refractivity contribution in [1.29, 1.82) is 5.26 Å². The molecule has 2 heterocycles. The second-order valence-electron chi connectivity index (χ2n) is 5.00. The predicted molar refractivity (Wildman–Crippen MR) is 57.3 cm³/mol. The van der Waals surface area contributed by atoms with E-state index in [2.05, 4.69) is 36.8 Å². The highest BCUT2D eigenvalue weighted by atomic mass is 15.4. The minimum atomic E-state index is 0.219. The van der Waals surface area contributed by atoms with Crippen LogP contribution >= 0.6 is 0 Å². The van der Waals surface area contributed by atoms with E-state index in [1.807, 2.05) is 4.68 Å². The predicted octanol–water partition coefficient (Wildman–Crippen LogP) is 1.41. The van der Waals surface area contributed by atoms with Gasteiger partial charge in [-0.25, -0.2) is 4.68 Å². The molecule has 4 nitrogen and oxygen atoms in total. The first-order valence-electron chi connectivity index (χ1n) is 5.21. The van der Waals surface area contributed by atoms with Crippen LogP contribution < -0.4 is 0 Å². The van der Waals surface area contributed by atoms with Crippen LogP contribution in [0.4, 0.5) is 0 Å². The summed E-state index contributed by atoms with van der Waals surface area (Å²) in [5.74, 6) is 0. The average molecular weight is 204 g/mol. The van der Waals surface area contributed by atoms with Gasteiger partial charge in [-0.15, -0.1) is 0 Å². The van der Waals surface area contributed by atoms with Gasteiger partial charge < -0.3 is 0 Å². The molecule has 15 heavy (non-hydrogen) atoms. The quantitative estimate of drug-likeness (QED) is 0.694. The van der Waals surface area contributed by atoms with E-state index in [1.54, 1.807) is 12.3 Å². The number of hydrogen-bond acceptors (Lipinski definition) is 3. The minimum Gasteiger partial charge on any atom is -0.294 e. The average Bonchev–Trinajstić information content (AvgIpc) is 2.46. The summed E-state index contributed by atoms with van der Waals surface area (Å²) in [6, 6.07) is 4.29. The maximum absolute atomic E-state index is 8.88. The van der Waals surface area contributed by atoms with E-state index in [-0.39, 0.29) is 5.54 Å². The van der Waals surface area contributed by atoms with Crippen molar-refractivity contribution in [3.8, 4) is 6.07 Å². The Bertz CT molecular complexity index is 387. The lowest BCUT2D eigenvalue weighted by atomic mass is 9.98. The number of nitriles is 1. The molecule has 0 radical (unpaired) electrons. The van der Waals surface area contributed by atoms with Gasteiger partial charge in [0.05, 0.1) is 12.2 Å². The maximum atomic E-state index is 8.88. The maximum Gasteiger partial charge on any atom is 0.138 e. The Morgan fingerprint density at radius 3 is 2.67 bits per heavy atom. The lowest BCUT2D eigenvalue weighted by molar-refractivity contribution is 0.0151. The number of nitrogens with zero attached hydrogens (tertiary/aromatic N) is 4. The lowest BCUT2D eigenvalue weighted by Crippen LogP contribution is -2.56. The molecule has 1 aromatic heterocycles. The van der Waals surface area contributed by atoms with Crippen LogP contribution in [0.1, 0.15) is 32.5 Å². The van der Waals surface area contributed by atoms with Crippen molar-refractivity contribution in [2.75, 3.05) is 13.1 Å². The number of aromatic nitrogens is 2. The summed E-state index contributed by atoms with van der Waals surface area (Å²) in [5.41, 5.74) is 0.879. The van der Waals surface area contributed by atoms with Crippen LogP contribution in [-0.2, 0) is 0 Å². The zero-order valence-corrected chi connectivity index (χ0v) is 9.44. The van der Waals surface area contributed by atoms with Crippen molar-refractivity contribution in [2.45, 2.75) is 32.4 Å². The Hall–Kier alpha value is -1.34. The molecule has 0 amide bonds. The molecule has 1 saturated heterocycles. The number of hydrogen-bond donors (Lipinski definition) is 0. The Morgan fingerprint density at radius 2 is 2.13 bits per heavy atom. The molecule has 1 aliphatic rings. The third kappa shape index (κ3) is 1.75. The molecule has 80 valence electrons. The molecular formula is C11H16N4. The van der Waals surface area contributed by atoms with E-state index in [0.717, 1.165) is 13.1 Å². The Morgan fingerprint density at radius 1 is 1.47 bits per heavy atom. The molecule has 0 spiro atoms. The van der Waals surface area contributed by atoms with Crippen LogP contribution in [0.2, 0.25) is 0 Å². The lowest BCUT2D eigenvalue weighted by Gasteiger charge is -2.47. The van der Waals surface area contributed by atoms with Crippen LogP contribution in [0.3, 0.4) is 0 Å². The third-order valence-corrected chi connectivity index (χ3v) is 2.94. The molecule has 0 aromatic carbocycles. The monoisotopic (exact) mass is 204 g/mol. The van der Waals surface area contributed by atoms with Gasteiger partial charge in [0.1, 0.15) is 11.8 Å². The van der Waals surface area contributed by atoms with Crippen LogP contribution in [0.25, 0.3) is 0 Å². The van der Waals surface area contributed by atoms with Gasteiger partial charge in [-0.3, -0.25) is 4.90 Å². The van der Waals surface area contributed by atoms with Crippen molar-refractivity contribution in [1.82, 2.24) is 14.7 Å². The summed E-state index contributed by atoms with van der Waals surface area (Å²) in [7, 11) is 0. The Kier molecular flexibility index (Phi) is 2.28. The molecule has 4 heteroatoms. The van der Waals surface area contributed by atoms with Gasteiger partial charge in [-0.05, 0) is 26.8 Å². The summed E-state index contributed by atoms with van der Waals surface area (Å²) >= 11 is 0. The van der Waals surface area contributed by atoms with Crippen molar-refractivity contribution < 1.29 is 0 Å². The van der Waals surface area contributed by atoms with Gasteiger partial charge in [0, 0.05) is 18.6 Å². The first-order chi connectivity index (χ1) is 7.02. The van der Waals surface area contributed by atoms with Gasteiger partial charge in [0.15, 0.2) is 0 Å². The van der Waals surface area contributed by atoms with E-state index < -0.39 is 0 Å². The standard InChI is InChI=1S/C11H16N4/c1-11(2,3)14-7-10(8-14)15-9(6-12)4-5-13-15/h4-5,10H,7-8H2,1-3H3. The van der Waals surface area contributed by atoms with E-state index in [4.69, 9.17) is 5.26 Å². The second-order valence-corrected chi connectivity index (χ2v) is 5.00. The van der Waals surface area contributed by atoms with Crippen molar-refractivity contribution in [3.05, 3.63) is 18.0 Å². The molecule has 1 aliphatic heterocycles. The van der Waals surface area contributed by atoms with Gasteiger partial charge in [-0.1, -0.05) is 0 Å². The molecule has 0 bridgehead atoms. The molecule has 1 aromatic rings. The Labute approximate surface area is 90.1 Å². The van der Waals surface area contributed by atoms with Crippen LogP contribution in [0.5, 0.6) is 0 Å². The minimum absolute atomic E-state index is 0.219. The first-order valence-corrected chi connectivity index (χ1v) is 5.21. The fourth-order valence-electron chi connectivity index (χ4n) is 1.85. The van der Waals surface area contributed by atoms with Crippen molar-refractivity contribution >= 4 is 0 Å². The highest BCUT2D eigenvalue weighted by Gasteiger charge is 2.36. The zero-order chi connectivity index (χ0) is 11.1. The van der Waals surface area contributed by atoms with Crippen molar-refractivity contribution in [2.24, 2.45) is 0 Å². The second kappa shape index (κ2) is 3.35. The zero-order valence-electron chi connectivity index (χ0n) is 9.44. The molecular weight excluding hydrogens is 188 g/mol. The number of likely N-dealkylation sites (tertiary alicyclic amines) is 1. The van der Waals surface area contributed by atoms with Gasteiger partial charge in [0.2, 0.25) is 0 Å². The van der Waals surface area contributed by atoms with E-state index in [1.165, 1.54) is 0 Å². The van der Waals surface area contributed by atoms with Gasteiger partial charge in [0.25, 0.3) is 0 Å². The van der Waals surface area contributed by atoms with E-state index in [9.17, 15) is 0 Å². The first kappa shape index (κ1) is 10.2. The van der Waals surface area contributed by atoms with Crippen molar-refractivity contribution in [3.63, 3.8) is 0 Å². The fraction of sp³-hybridized carbons (Fsp3) is 0.636. The van der Waals surface area contributed by atoms with E-state index >= 15 is 0 Å². The molecule has 0 N–H and O–H groups in total. The van der Waals surface area contributed by atoms with Crippen LogP contribution in [0.15, 0.2) is 12.3 Å².